The van der Waals surface area contributed by atoms with Crippen LogP contribution in [0.5, 0.6) is 0 Å². The molecule has 2 aromatic carbocycles. The molecule has 1 atom stereocenters. The van der Waals surface area contributed by atoms with E-state index in [9.17, 15) is 22.3 Å². The van der Waals surface area contributed by atoms with Crippen LogP contribution in [0.2, 0.25) is 0 Å². The van der Waals surface area contributed by atoms with Gasteiger partial charge in [0.25, 0.3) is 0 Å². The van der Waals surface area contributed by atoms with Gasteiger partial charge in [-0.15, -0.1) is 0 Å². The normalized spacial score (nSPS) is 13.0. The molecule has 0 saturated carbocycles. The van der Waals surface area contributed by atoms with Gasteiger partial charge >= 0.3 is 0 Å². The number of aliphatic hydroxyl groups is 1. The molecule has 1 unspecified atom stereocenters. The molecule has 0 heterocycles. The molecule has 0 radical (unpaired) electrons. The first-order valence-corrected chi connectivity index (χ1v) is 8.64. The Morgan fingerprint density at radius 3 is 2.43 bits per heavy atom. The maximum Gasteiger partial charge on any atom is 0.215 e. The summed E-state index contributed by atoms with van der Waals surface area (Å²) in [6.45, 7) is -0.181. The van der Waals surface area contributed by atoms with Crippen molar-refractivity contribution in [2.24, 2.45) is 0 Å². The van der Waals surface area contributed by atoms with Crippen molar-refractivity contribution in [3.05, 3.63) is 71.3 Å². The van der Waals surface area contributed by atoms with Crippen molar-refractivity contribution in [1.82, 2.24) is 4.72 Å². The lowest BCUT2D eigenvalue weighted by Crippen LogP contribution is -2.34. The van der Waals surface area contributed by atoms with Crippen molar-refractivity contribution in [2.75, 3.05) is 6.54 Å². The predicted molar refractivity (Wildman–Crippen MR) is 83.1 cm³/mol. The van der Waals surface area contributed by atoms with E-state index in [2.05, 4.69) is 4.72 Å². The first-order valence-electron chi connectivity index (χ1n) is 6.99. The third kappa shape index (κ3) is 5.70. The van der Waals surface area contributed by atoms with Gasteiger partial charge in [0, 0.05) is 18.2 Å². The van der Waals surface area contributed by atoms with Crippen LogP contribution in [0.1, 0.15) is 11.1 Å². The zero-order valence-corrected chi connectivity index (χ0v) is 13.1. The number of hydrogen-bond donors (Lipinski definition) is 2. The maximum absolute atomic E-state index is 13.5. The molecule has 0 saturated heterocycles. The number of halogens is 2. The summed E-state index contributed by atoms with van der Waals surface area (Å²) in [4.78, 5) is 0. The summed E-state index contributed by atoms with van der Waals surface area (Å²) in [6.07, 6.45) is -0.598. The number of rotatable bonds is 7. The van der Waals surface area contributed by atoms with E-state index in [0.717, 1.165) is 17.7 Å². The quantitative estimate of drug-likeness (QED) is 0.809. The van der Waals surface area contributed by atoms with Crippen molar-refractivity contribution < 1.29 is 22.3 Å². The average molecular weight is 341 g/mol. The van der Waals surface area contributed by atoms with E-state index in [1.807, 2.05) is 30.3 Å². The maximum atomic E-state index is 13.5. The van der Waals surface area contributed by atoms with Crippen LogP contribution < -0.4 is 4.72 Å². The van der Waals surface area contributed by atoms with Gasteiger partial charge in [0.1, 0.15) is 11.6 Å². The van der Waals surface area contributed by atoms with Gasteiger partial charge in [0.05, 0.1) is 11.9 Å². The van der Waals surface area contributed by atoms with Crippen molar-refractivity contribution >= 4 is 10.0 Å². The Hall–Kier alpha value is -1.83. The molecule has 124 valence electrons. The molecule has 0 aliphatic carbocycles. The molecule has 0 bridgehead atoms. The van der Waals surface area contributed by atoms with E-state index in [4.69, 9.17) is 0 Å². The summed E-state index contributed by atoms with van der Waals surface area (Å²) in [5, 5.41) is 9.87. The standard InChI is InChI=1S/C16H17F2NO3S/c17-14-7-6-13(16(18)9-14)11-23(21,22)19-10-15(20)8-12-4-2-1-3-5-12/h1-7,9,15,19-20H,8,10-11H2. The lowest BCUT2D eigenvalue weighted by molar-refractivity contribution is 0.179. The zero-order chi connectivity index (χ0) is 16.9. The fourth-order valence-corrected chi connectivity index (χ4v) is 3.27. The minimum Gasteiger partial charge on any atom is -0.391 e. The number of hydrogen-bond acceptors (Lipinski definition) is 3. The van der Waals surface area contributed by atoms with Gasteiger partial charge in [0.15, 0.2) is 0 Å². The molecule has 0 fully saturated rings. The predicted octanol–water partition coefficient (Wildman–Crippen LogP) is 1.99. The zero-order valence-electron chi connectivity index (χ0n) is 12.2. The van der Waals surface area contributed by atoms with Gasteiger partial charge < -0.3 is 5.11 Å². The first kappa shape index (κ1) is 17.5. The summed E-state index contributed by atoms with van der Waals surface area (Å²) in [7, 11) is -3.83. The second-order valence-electron chi connectivity index (χ2n) is 5.19. The molecule has 4 nitrogen and oxygen atoms in total. The minimum absolute atomic E-state index is 0.128. The Morgan fingerprint density at radius 1 is 1.09 bits per heavy atom. The van der Waals surface area contributed by atoms with Crippen LogP contribution in [0.4, 0.5) is 8.78 Å². The molecule has 7 heteroatoms. The lowest BCUT2D eigenvalue weighted by Gasteiger charge is -2.12. The summed E-state index contributed by atoms with van der Waals surface area (Å²) in [5.41, 5.74) is 0.750. The fraction of sp³-hybridized carbons (Fsp3) is 0.250. The first-order chi connectivity index (χ1) is 10.9. The molecule has 0 aliphatic rings. The Morgan fingerprint density at radius 2 is 1.78 bits per heavy atom. The van der Waals surface area contributed by atoms with E-state index in [1.165, 1.54) is 0 Å². The van der Waals surface area contributed by atoms with Gasteiger partial charge in [-0.1, -0.05) is 36.4 Å². The third-order valence-corrected chi connectivity index (χ3v) is 4.51. The molecule has 0 amide bonds. The van der Waals surface area contributed by atoms with Gasteiger partial charge in [-0.2, -0.15) is 0 Å². The van der Waals surface area contributed by atoms with E-state index < -0.39 is 33.5 Å². The van der Waals surface area contributed by atoms with Crippen LogP contribution in [0.25, 0.3) is 0 Å². The van der Waals surface area contributed by atoms with Crippen LogP contribution in [0, 0.1) is 11.6 Å². The Labute approximate surface area is 133 Å². The molecule has 2 aromatic rings. The summed E-state index contributed by atoms with van der Waals surface area (Å²) >= 11 is 0. The van der Waals surface area contributed by atoms with Crippen LogP contribution >= 0.6 is 0 Å². The SMILES string of the molecule is O=S(=O)(Cc1ccc(F)cc1F)NCC(O)Cc1ccccc1. The van der Waals surface area contributed by atoms with Gasteiger partial charge in [-0.05, 0) is 18.1 Å². The topological polar surface area (TPSA) is 66.4 Å². The second-order valence-corrected chi connectivity index (χ2v) is 6.99. The van der Waals surface area contributed by atoms with Crippen molar-refractivity contribution in [2.45, 2.75) is 18.3 Å². The Balaban J connectivity index is 1.91. The number of aliphatic hydroxyl groups excluding tert-OH is 1. The molecular weight excluding hydrogens is 324 g/mol. The van der Waals surface area contributed by atoms with E-state index >= 15 is 0 Å². The largest absolute Gasteiger partial charge is 0.391 e. The number of nitrogens with one attached hydrogen (secondary N) is 1. The highest BCUT2D eigenvalue weighted by atomic mass is 32.2. The molecule has 0 spiro atoms. The fourth-order valence-electron chi connectivity index (χ4n) is 2.08. The minimum atomic E-state index is -3.83. The lowest BCUT2D eigenvalue weighted by atomic mass is 10.1. The Bertz CT molecular complexity index is 751. The average Bonchev–Trinajstić information content (AvgIpc) is 2.49. The van der Waals surface area contributed by atoms with Gasteiger partial charge in [-0.3, -0.25) is 0 Å². The molecule has 2 rings (SSSR count). The van der Waals surface area contributed by atoms with Gasteiger partial charge in [-0.25, -0.2) is 21.9 Å². The van der Waals surface area contributed by atoms with E-state index in [0.29, 0.717) is 12.5 Å². The van der Waals surface area contributed by atoms with Crippen molar-refractivity contribution in [1.29, 1.82) is 0 Å². The third-order valence-electron chi connectivity index (χ3n) is 3.21. The smallest absolute Gasteiger partial charge is 0.215 e. The van der Waals surface area contributed by atoms with E-state index in [-0.39, 0.29) is 12.1 Å². The van der Waals surface area contributed by atoms with Gasteiger partial charge in [0.2, 0.25) is 10.0 Å². The monoisotopic (exact) mass is 341 g/mol. The van der Waals surface area contributed by atoms with Crippen LogP contribution in [0.15, 0.2) is 48.5 Å². The molecular formula is C16H17F2NO3S. The highest BCUT2D eigenvalue weighted by Gasteiger charge is 2.17. The van der Waals surface area contributed by atoms with Crippen LogP contribution in [-0.4, -0.2) is 26.2 Å². The highest BCUT2D eigenvalue weighted by Crippen LogP contribution is 2.12. The molecule has 23 heavy (non-hydrogen) atoms. The molecule has 0 aliphatic heterocycles. The highest BCUT2D eigenvalue weighted by molar-refractivity contribution is 7.88. The van der Waals surface area contributed by atoms with Crippen LogP contribution in [0.3, 0.4) is 0 Å². The van der Waals surface area contributed by atoms with Crippen molar-refractivity contribution in [3.8, 4) is 0 Å². The van der Waals surface area contributed by atoms with Crippen molar-refractivity contribution in [3.63, 3.8) is 0 Å². The summed E-state index contributed by atoms with van der Waals surface area (Å²) < 4.78 is 52.3. The van der Waals surface area contributed by atoms with E-state index in [1.54, 1.807) is 0 Å². The summed E-state index contributed by atoms with van der Waals surface area (Å²) in [5.74, 6) is -2.30. The van der Waals surface area contributed by atoms with Crippen LogP contribution in [-0.2, 0) is 22.2 Å². The number of sulfonamides is 1. The second kappa shape index (κ2) is 7.63. The summed E-state index contributed by atoms with van der Waals surface area (Å²) in [6, 6.07) is 11.9. The molecule has 2 N–H and O–H groups in total. The Kier molecular flexibility index (Phi) is 5.81. The number of benzene rings is 2. The molecule has 0 aromatic heterocycles.